The van der Waals surface area contributed by atoms with Crippen LogP contribution >= 0.6 is 11.8 Å². The van der Waals surface area contributed by atoms with E-state index >= 15 is 0 Å². The van der Waals surface area contributed by atoms with E-state index in [9.17, 15) is 0 Å². The molecule has 0 saturated heterocycles. The number of hydrogen-bond donors (Lipinski definition) is 0. The monoisotopic (exact) mass is 84.0 g/mol. The molecule has 1 nitrogen and oxygen atoms in total. The van der Waals surface area contributed by atoms with Crippen LogP contribution in [0.25, 0.3) is 0 Å². The highest BCUT2D eigenvalue weighted by Gasteiger charge is 1.91. The minimum atomic E-state index is 1.48. The van der Waals surface area contributed by atoms with Gasteiger partial charge < -0.3 is 0 Å². The zero-order chi connectivity index (χ0) is 3.54. The van der Waals surface area contributed by atoms with E-state index in [-0.39, 0.29) is 0 Å². The molecule has 2 heteroatoms. The van der Waals surface area contributed by atoms with Gasteiger partial charge >= 0.3 is 0 Å². The Hall–Kier alpha value is -0.240. The average Bonchev–Trinajstić information content (AvgIpc) is 1.76. The van der Waals surface area contributed by atoms with Crippen molar-refractivity contribution >= 4 is 17.3 Å². The Kier molecular flexibility index (Phi) is 0.751. The molecule has 0 saturated carbocycles. The van der Waals surface area contributed by atoms with Gasteiger partial charge in [0.25, 0.3) is 11.7 Å². The molecule has 0 aromatic rings. The van der Waals surface area contributed by atoms with Gasteiger partial charge in [0.15, 0.2) is 0 Å². The zero-order valence-corrected chi connectivity index (χ0v) is 3.33. The van der Waals surface area contributed by atoms with Crippen LogP contribution in [0.2, 0.25) is 0 Å². The summed E-state index contributed by atoms with van der Waals surface area (Å²) in [5.41, 5.74) is 1.74. The van der Waals surface area contributed by atoms with Crippen molar-refractivity contribution in [3.8, 4) is 0 Å². The average molecular weight is 84.1 g/mol. The van der Waals surface area contributed by atoms with Crippen LogP contribution < -0.4 is 4.99 Å². The number of rotatable bonds is 0. The molecular formula is C3H2NS+. The van der Waals surface area contributed by atoms with Crippen molar-refractivity contribution in [2.45, 2.75) is 0 Å². The fraction of sp³-hybridized carbons (Fsp3) is 0. The molecule has 5 heavy (non-hydrogen) atoms. The molecule has 1 aliphatic heterocycles. The summed E-state index contributed by atoms with van der Waals surface area (Å²) >= 11 is 1.48. The Morgan fingerprint density at radius 3 is 3.00 bits per heavy atom. The first kappa shape index (κ1) is 2.97. The lowest BCUT2D eigenvalue weighted by Gasteiger charge is -1.42. The van der Waals surface area contributed by atoms with E-state index in [1.807, 2.05) is 0 Å². The smallest absolute Gasteiger partial charge is 0.0141 e. The van der Waals surface area contributed by atoms with E-state index in [4.69, 9.17) is 0 Å². The van der Waals surface area contributed by atoms with Crippen molar-refractivity contribution in [2.75, 3.05) is 0 Å². The lowest BCUT2D eigenvalue weighted by Crippen LogP contribution is -1.61. The van der Waals surface area contributed by atoms with Crippen LogP contribution in [0.4, 0.5) is 0 Å². The molecule has 0 spiro atoms. The molecule has 0 amide bonds. The Labute approximate surface area is 34.8 Å². The molecule has 0 aromatic heterocycles. The van der Waals surface area contributed by atoms with Gasteiger partial charge in [-0.1, -0.05) is 0 Å². The lowest BCUT2D eigenvalue weighted by atomic mass is 11.1. The molecular weight excluding hydrogens is 82.1 g/mol. The van der Waals surface area contributed by atoms with Crippen LogP contribution in [0.3, 0.4) is 0 Å². The summed E-state index contributed by atoms with van der Waals surface area (Å²) in [6.45, 7) is 0. The quantitative estimate of drug-likeness (QED) is 0.413. The van der Waals surface area contributed by atoms with E-state index in [0.29, 0.717) is 0 Å². The van der Waals surface area contributed by atoms with Gasteiger partial charge in [-0.15, -0.1) is 0 Å². The van der Waals surface area contributed by atoms with Gasteiger partial charge in [0.2, 0.25) is 0 Å². The normalized spacial score (nSPS) is 17.6. The number of thioether (sulfide) groups is 1. The van der Waals surface area contributed by atoms with Crippen LogP contribution in [0.5, 0.6) is 0 Å². The van der Waals surface area contributed by atoms with Crippen LogP contribution in [0.1, 0.15) is 0 Å². The maximum atomic E-state index is 3.69. The predicted molar refractivity (Wildman–Crippen MR) is 23.6 cm³/mol. The van der Waals surface area contributed by atoms with Gasteiger partial charge in [0, 0.05) is 0 Å². The maximum Gasteiger partial charge on any atom is 0.280 e. The summed E-state index contributed by atoms with van der Waals surface area (Å²) in [6.07, 6.45) is 1.64. The molecule has 24 valence electrons. The molecule has 0 aliphatic carbocycles. The largest absolute Gasteiger partial charge is 0.280 e. The number of hydrogen-bond acceptors (Lipinski definition) is 2. The molecule has 1 heterocycles. The lowest BCUT2D eigenvalue weighted by molar-refractivity contribution is 1.44. The summed E-state index contributed by atoms with van der Waals surface area (Å²) in [5.74, 6) is 0. The maximum absolute atomic E-state index is 3.69. The number of aliphatic imine (C=N–C) groups is 1. The van der Waals surface area contributed by atoms with Crippen LogP contribution in [-0.2, 0) is 0 Å². The van der Waals surface area contributed by atoms with E-state index < -0.39 is 0 Å². The third kappa shape index (κ3) is 0.514. The van der Waals surface area contributed by atoms with E-state index in [0.717, 1.165) is 0 Å². The SMILES string of the molecule is [C]1=C[N+]=CS1. The first-order chi connectivity index (χ1) is 2.50. The van der Waals surface area contributed by atoms with E-state index in [1.54, 1.807) is 11.7 Å². The Morgan fingerprint density at radius 1 is 1.80 bits per heavy atom. The summed E-state index contributed by atoms with van der Waals surface area (Å²) in [4.78, 5) is 3.69. The van der Waals surface area contributed by atoms with Crippen molar-refractivity contribution < 1.29 is 0 Å². The van der Waals surface area contributed by atoms with Crippen molar-refractivity contribution in [1.82, 2.24) is 4.99 Å². The van der Waals surface area contributed by atoms with Gasteiger partial charge in [0.05, 0.1) is 4.99 Å². The van der Waals surface area contributed by atoms with Gasteiger partial charge in [-0.25, -0.2) is 0 Å². The number of nitrogens with zero attached hydrogens (tertiary/aromatic N) is 1. The van der Waals surface area contributed by atoms with Gasteiger partial charge in [-0.05, 0) is 11.8 Å². The summed E-state index contributed by atoms with van der Waals surface area (Å²) in [5, 5.41) is 2.79. The first-order valence-electron chi connectivity index (χ1n) is 1.24. The third-order valence-electron chi connectivity index (χ3n) is 0.309. The second-order valence-corrected chi connectivity index (χ2v) is 1.30. The molecule has 0 bridgehead atoms. The van der Waals surface area contributed by atoms with Gasteiger partial charge in [0.1, 0.15) is 5.41 Å². The predicted octanol–water partition coefficient (Wildman–Crippen LogP) is 0.372. The first-order valence-corrected chi connectivity index (χ1v) is 2.12. The molecule has 0 atom stereocenters. The van der Waals surface area contributed by atoms with Crippen molar-refractivity contribution in [1.29, 1.82) is 0 Å². The van der Waals surface area contributed by atoms with E-state index in [1.165, 1.54) is 11.8 Å². The summed E-state index contributed by atoms with van der Waals surface area (Å²) in [6, 6.07) is 0. The Morgan fingerprint density at radius 2 is 2.80 bits per heavy atom. The van der Waals surface area contributed by atoms with Crippen LogP contribution in [0, 0.1) is 5.41 Å². The summed E-state index contributed by atoms with van der Waals surface area (Å²) in [7, 11) is 0. The van der Waals surface area contributed by atoms with Crippen molar-refractivity contribution in [3.05, 3.63) is 11.6 Å². The highest BCUT2D eigenvalue weighted by molar-refractivity contribution is 8.13. The third-order valence-corrected chi connectivity index (χ3v) is 0.777. The fourth-order valence-corrected chi connectivity index (χ4v) is 0.456. The molecule has 0 fully saturated rings. The zero-order valence-electron chi connectivity index (χ0n) is 2.51. The molecule has 2 radical (unpaired) electrons. The fourth-order valence-electron chi connectivity index (χ4n) is 0.152. The molecule has 1 aliphatic rings. The summed E-state index contributed by atoms with van der Waals surface area (Å²) < 4.78 is 0. The Bertz CT molecular complexity index is 65.0. The second kappa shape index (κ2) is 1.26. The highest BCUT2D eigenvalue weighted by Crippen LogP contribution is 1.94. The van der Waals surface area contributed by atoms with Crippen molar-refractivity contribution in [3.63, 3.8) is 0 Å². The van der Waals surface area contributed by atoms with E-state index in [2.05, 4.69) is 10.4 Å². The van der Waals surface area contributed by atoms with Gasteiger partial charge in [-0.3, -0.25) is 0 Å². The highest BCUT2D eigenvalue weighted by atomic mass is 32.2. The minimum absolute atomic E-state index is 1.48. The molecule has 0 aromatic carbocycles. The van der Waals surface area contributed by atoms with Crippen LogP contribution in [0.15, 0.2) is 6.20 Å². The minimum Gasteiger partial charge on any atom is -0.0141 e. The van der Waals surface area contributed by atoms with Gasteiger partial charge in [-0.2, -0.15) is 0 Å². The standard InChI is InChI=1S/C3H2NS/c1-2-5-3-4-1/h1,3H/q+1. The molecule has 0 N–H and O–H groups in total. The topological polar surface area (TPSA) is 14.1 Å². The Balaban J connectivity index is 2.61. The van der Waals surface area contributed by atoms with Crippen LogP contribution in [-0.4, -0.2) is 5.55 Å². The van der Waals surface area contributed by atoms with Crippen molar-refractivity contribution in [2.24, 2.45) is 0 Å². The second-order valence-electron chi connectivity index (χ2n) is 0.619. The molecule has 0 unspecified atom stereocenters. The molecule has 1 rings (SSSR count).